The first-order valence-corrected chi connectivity index (χ1v) is 11.5. The minimum absolute atomic E-state index is 0.236. The zero-order valence-electron chi connectivity index (χ0n) is 18.3. The molecule has 5 nitrogen and oxygen atoms in total. The minimum Gasteiger partial charge on any atom is -0.374 e. The summed E-state index contributed by atoms with van der Waals surface area (Å²) in [7, 11) is 0. The molecule has 3 aromatic rings. The highest BCUT2D eigenvalue weighted by molar-refractivity contribution is 6.21. The number of halogens is 1. The number of ether oxygens (including phenoxy) is 4. The molecule has 5 atom stereocenters. The van der Waals surface area contributed by atoms with E-state index in [1.807, 2.05) is 91.0 Å². The predicted octanol–water partition coefficient (Wildman–Crippen LogP) is 4.70. The van der Waals surface area contributed by atoms with Crippen molar-refractivity contribution in [3.63, 3.8) is 0 Å². The highest BCUT2D eigenvalue weighted by Crippen LogP contribution is 2.30. The van der Waals surface area contributed by atoms with E-state index in [4.69, 9.17) is 30.5 Å². The number of aliphatic hydroxyl groups excluding tert-OH is 1. The van der Waals surface area contributed by atoms with Gasteiger partial charge in [0, 0.05) is 0 Å². The van der Waals surface area contributed by atoms with E-state index in [0.717, 1.165) is 16.7 Å². The van der Waals surface area contributed by atoms with Gasteiger partial charge in [-0.05, 0) is 16.7 Å². The first-order valence-electron chi connectivity index (χ1n) is 11.1. The van der Waals surface area contributed by atoms with Crippen LogP contribution in [-0.2, 0) is 38.8 Å². The third kappa shape index (κ3) is 6.87. The van der Waals surface area contributed by atoms with E-state index in [1.54, 1.807) is 0 Å². The van der Waals surface area contributed by atoms with Gasteiger partial charge in [-0.3, -0.25) is 0 Å². The first kappa shape index (κ1) is 23.9. The van der Waals surface area contributed by atoms with E-state index in [-0.39, 0.29) is 6.61 Å². The molecule has 0 aromatic heterocycles. The second-order valence-electron chi connectivity index (χ2n) is 8.03. The summed E-state index contributed by atoms with van der Waals surface area (Å²) in [5.41, 5.74) is 3.10. The van der Waals surface area contributed by atoms with Gasteiger partial charge in [-0.15, -0.1) is 11.6 Å². The summed E-state index contributed by atoms with van der Waals surface area (Å²) in [6.07, 6.45) is -2.82. The maximum Gasteiger partial charge on any atom is 0.174 e. The zero-order chi connectivity index (χ0) is 22.9. The summed E-state index contributed by atoms with van der Waals surface area (Å²) in [4.78, 5) is 0. The lowest BCUT2D eigenvalue weighted by molar-refractivity contribution is -0.262. The topological polar surface area (TPSA) is 57.2 Å². The van der Waals surface area contributed by atoms with Gasteiger partial charge in [0.25, 0.3) is 0 Å². The van der Waals surface area contributed by atoms with E-state index in [0.29, 0.717) is 19.8 Å². The van der Waals surface area contributed by atoms with Gasteiger partial charge in [0.15, 0.2) is 6.29 Å². The Labute approximate surface area is 199 Å². The predicted molar refractivity (Wildman–Crippen MR) is 127 cm³/mol. The molecule has 174 valence electrons. The van der Waals surface area contributed by atoms with Crippen molar-refractivity contribution in [2.75, 3.05) is 6.61 Å². The Morgan fingerprint density at radius 1 is 0.667 bits per heavy atom. The standard InChI is InChI=1S/C27H29ClO5/c28-24-26(32-18-22-14-8-3-9-15-22)25(31-17-21-12-6-2-7-13-21)23(33-27(24)29)19-30-16-20-10-4-1-5-11-20/h1-15,23-27,29H,16-19H2/t23-,24?,25-,26-,27?/m1/s1. The van der Waals surface area contributed by atoms with Crippen LogP contribution < -0.4 is 0 Å². The Balaban J connectivity index is 1.46. The molecule has 0 spiro atoms. The summed E-state index contributed by atoms with van der Waals surface area (Å²) >= 11 is 6.55. The van der Waals surface area contributed by atoms with Crippen molar-refractivity contribution in [2.24, 2.45) is 0 Å². The quantitative estimate of drug-likeness (QED) is 0.437. The number of hydrogen-bond donors (Lipinski definition) is 1. The number of hydrogen-bond acceptors (Lipinski definition) is 5. The molecule has 33 heavy (non-hydrogen) atoms. The lowest BCUT2D eigenvalue weighted by atomic mass is 10.0. The number of benzene rings is 3. The van der Waals surface area contributed by atoms with Crippen molar-refractivity contribution >= 4 is 11.6 Å². The maximum absolute atomic E-state index is 10.5. The maximum atomic E-state index is 10.5. The summed E-state index contributed by atoms with van der Waals surface area (Å²) in [5, 5.41) is 9.71. The Morgan fingerprint density at radius 2 is 1.12 bits per heavy atom. The van der Waals surface area contributed by atoms with E-state index >= 15 is 0 Å². The fourth-order valence-corrected chi connectivity index (χ4v) is 4.09. The van der Waals surface area contributed by atoms with Crippen molar-refractivity contribution in [3.05, 3.63) is 108 Å². The molecule has 1 aliphatic rings. The second-order valence-corrected chi connectivity index (χ2v) is 8.54. The van der Waals surface area contributed by atoms with Crippen LogP contribution in [0.4, 0.5) is 0 Å². The van der Waals surface area contributed by atoms with E-state index < -0.39 is 30.0 Å². The molecule has 0 amide bonds. The molecule has 4 rings (SSSR count). The minimum atomic E-state index is -1.19. The number of alkyl halides is 1. The fourth-order valence-electron chi connectivity index (χ4n) is 3.81. The first-order chi connectivity index (χ1) is 16.2. The van der Waals surface area contributed by atoms with Gasteiger partial charge in [-0.25, -0.2) is 0 Å². The lowest BCUT2D eigenvalue weighted by Crippen LogP contribution is -2.58. The van der Waals surface area contributed by atoms with E-state index in [2.05, 4.69) is 0 Å². The van der Waals surface area contributed by atoms with Gasteiger partial charge >= 0.3 is 0 Å². The molecule has 1 saturated heterocycles. The Kier molecular flexibility index (Phi) is 8.89. The van der Waals surface area contributed by atoms with Crippen molar-refractivity contribution in [2.45, 2.75) is 49.8 Å². The van der Waals surface area contributed by atoms with Crippen molar-refractivity contribution in [1.82, 2.24) is 0 Å². The fraction of sp³-hybridized carbons (Fsp3) is 0.333. The van der Waals surface area contributed by atoms with Crippen LogP contribution in [0, 0.1) is 0 Å². The van der Waals surface area contributed by atoms with Crippen molar-refractivity contribution < 1.29 is 24.1 Å². The molecular formula is C27H29ClO5. The number of rotatable bonds is 10. The molecule has 0 radical (unpaired) electrons. The average molecular weight is 469 g/mol. The van der Waals surface area contributed by atoms with Crippen LogP contribution in [0.2, 0.25) is 0 Å². The summed E-state index contributed by atoms with van der Waals surface area (Å²) < 4.78 is 24.2. The summed E-state index contributed by atoms with van der Waals surface area (Å²) in [5.74, 6) is 0. The molecule has 2 unspecified atom stereocenters. The van der Waals surface area contributed by atoms with Gasteiger partial charge in [-0.1, -0.05) is 91.0 Å². The van der Waals surface area contributed by atoms with Crippen LogP contribution in [0.1, 0.15) is 16.7 Å². The van der Waals surface area contributed by atoms with Gasteiger partial charge in [-0.2, -0.15) is 0 Å². The highest BCUT2D eigenvalue weighted by Gasteiger charge is 2.46. The number of aliphatic hydroxyl groups is 1. The molecular weight excluding hydrogens is 440 g/mol. The molecule has 3 aromatic carbocycles. The zero-order valence-corrected chi connectivity index (χ0v) is 19.1. The molecule has 1 heterocycles. The van der Waals surface area contributed by atoms with Crippen LogP contribution >= 0.6 is 11.6 Å². The molecule has 1 aliphatic heterocycles. The normalized spacial score (nSPS) is 25.1. The summed E-state index contributed by atoms with van der Waals surface area (Å²) in [6.45, 7) is 1.39. The average Bonchev–Trinajstić information content (AvgIpc) is 2.86. The van der Waals surface area contributed by atoms with Crippen LogP contribution in [0.5, 0.6) is 0 Å². The van der Waals surface area contributed by atoms with Crippen LogP contribution in [0.3, 0.4) is 0 Å². The lowest BCUT2D eigenvalue weighted by Gasteiger charge is -2.42. The van der Waals surface area contributed by atoms with E-state index in [9.17, 15) is 5.11 Å². The second kappa shape index (κ2) is 12.3. The third-order valence-electron chi connectivity index (χ3n) is 5.55. The Bertz CT molecular complexity index is 941. The van der Waals surface area contributed by atoms with E-state index in [1.165, 1.54) is 0 Å². The van der Waals surface area contributed by atoms with Crippen molar-refractivity contribution in [1.29, 1.82) is 0 Å². The molecule has 0 saturated carbocycles. The molecule has 0 bridgehead atoms. The van der Waals surface area contributed by atoms with Crippen LogP contribution in [0.25, 0.3) is 0 Å². The molecule has 6 heteroatoms. The van der Waals surface area contributed by atoms with Crippen molar-refractivity contribution in [3.8, 4) is 0 Å². The van der Waals surface area contributed by atoms with Crippen LogP contribution in [-0.4, -0.2) is 41.7 Å². The SMILES string of the molecule is OC1O[C@H](COCc2ccccc2)[C@@H](OCc2ccccc2)[C@H](OCc2ccccc2)C1Cl. The molecule has 1 N–H and O–H groups in total. The molecule has 0 aliphatic carbocycles. The highest BCUT2D eigenvalue weighted by atomic mass is 35.5. The van der Waals surface area contributed by atoms with Gasteiger partial charge in [0.2, 0.25) is 0 Å². The molecule has 1 fully saturated rings. The van der Waals surface area contributed by atoms with Gasteiger partial charge in [0.05, 0.1) is 26.4 Å². The summed E-state index contributed by atoms with van der Waals surface area (Å²) in [6, 6.07) is 29.6. The smallest absolute Gasteiger partial charge is 0.174 e. The van der Waals surface area contributed by atoms with Crippen LogP contribution in [0.15, 0.2) is 91.0 Å². The third-order valence-corrected chi connectivity index (χ3v) is 6.02. The largest absolute Gasteiger partial charge is 0.374 e. The van der Waals surface area contributed by atoms with Gasteiger partial charge in [0.1, 0.15) is 23.7 Å². The monoisotopic (exact) mass is 468 g/mol. The Hall–Kier alpha value is -2.25. The van der Waals surface area contributed by atoms with Gasteiger partial charge < -0.3 is 24.1 Å². The Morgan fingerprint density at radius 3 is 1.64 bits per heavy atom.